The van der Waals surface area contributed by atoms with Gasteiger partial charge in [0.25, 0.3) is 10.0 Å². The highest BCUT2D eigenvalue weighted by Gasteiger charge is 2.14. The predicted molar refractivity (Wildman–Crippen MR) is 90.0 cm³/mol. The number of para-hydroxylation sites is 1. The van der Waals surface area contributed by atoms with E-state index in [1.165, 1.54) is 30.5 Å². The molecule has 0 radical (unpaired) electrons. The van der Waals surface area contributed by atoms with Crippen molar-refractivity contribution in [3.8, 4) is 0 Å². The molecule has 0 spiro atoms. The van der Waals surface area contributed by atoms with E-state index in [0.29, 0.717) is 11.4 Å². The molecule has 0 saturated heterocycles. The van der Waals surface area contributed by atoms with Crippen LogP contribution in [0.25, 0.3) is 15.7 Å². The van der Waals surface area contributed by atoms with Gasteiger partial charge in [-0.3, -0.25) is 9.71 Å². The monoisotopic (exact) mass is 323 g/mol. The highest BCUT2D eigenvalue weighted by Crippen LogP contribution is 2.23. The van der Waals surface area contributed by atoms with Crippen LogP contribution in [0, 0.1) is 13.5 Å². The maximum Gasteiger partial charge on any atom is 0.261 e. The predicted octanol–water partition coefficient (Wildman–Crippen LogP) is 3.89. The molecule has 0 fully saturated rings. The topological polar surface area (TPSA) is 63.4 Å². The van der Waals surface area contributed by atoms with Crippen LogP contribution in [0.2, 0.25) is 0 Å². The number of nitrogens with zero attached hydrogens (tertiary/aromatic N) is 2. The van der Waals surface area contributed by atoms with Gasteiger partial charge in [-0.05, 0) is 18.6 Å². The number of aromatic nitrogens is 1. The van der Waals surface area contributed by atoms with E-state index in [1.807, 2.05) is 25.1 Å². The van der Waals surface area contributed by atoms with Crippen LogP contribution < -0.4 is 4.72 Å². The Morgan fingerprint density at radius 3 is 2.57 bits per heavy atom. The Hall–Kier alpha value is -2.91. The summed E-state index contributed by atoms with van der Waals surface area (Å²) in [5, 5.41) is 0.869. The molecule has 114 valence electrons. The first-order valence-electron chi connectivity index (χ1n) is 6.85. The van der Waals surface area contributed by atoms with Crippen molar-refractivity contribution in [3.63, 3.8) is 0 Å². The van der Waals surface area contributed by atoms with Gasteiger partial charge in [-0.25, -0.2) is 13.3 Å². The molecule has 0 atom stereocenters. The number of rotatable bonds is 3. The normalized spacial score (nSPS) is 11.1. The van der Waals surface area contributed by atoms with Crippen molar-refractivity contribution in [1.29, 1.82) is 0 Å². The number of hydrogen-bond acceptors (Lipinski definition) is 3. The second kappa shape index (κ2) is 5.71. The van der Waals surface area contributed by atoms with Crippen LogP contribution in [-0.2, 0) is 10.0 Å². The SMILES string of the molecule is [C-]#[N+]c1ccc(S(=O)(=O)Nc2cnc3c(C)cccc3c2)cc1. The fraction of sp³-hybridized carbons (Fsp3) is 0.0588. The summed E-state index contributed by atoms with van der Waals surface area (Å²) in [6.45, 7) is 8.85. The molecule has 3 rings (SSSR count). The largest absolute Gasteiger partial charge is 0.278 e. The molecule has 0 amide bonds. The molecule has 23 heavy (non-hydrogen) atoms. The van der Waals surface area contributed by atoms with Crippen molar-refractivity contribution in [3.05, 3.63) is 71.7 Å². The van der Waals surface area contributed by atoms with E-state index in [0.717, 1.165) is 16.5 Å². The van der Waals surface area contributed by atoms with Crippen LogP contribution in [0.4, 0.5) is 11.4 Å². The highest BCUT2D eigenvalue weighted by atomic mass is 32.2. The molecule has 0 aliphatic rings. The molecular weight excluding hydrogens is 310 g/mol. The number of sulfonamides is 1. The Labute approximate surface area is 134 Å². The maximum absolute atomic E-state index is 12.4. The summed E-state index contributed by atoms with van der Waals surface area (Å²) >= 11 is 0. The van der Waals surface area contributed by atoms with Gasteiger partial charge in [-0.1, -0.05) is 42.5 Å². The van der Waals surface area contributed by atoms with Crippen LogP contribution in [0.15, 0.2) is 59.6 Å². The third-order valence-electron chi connectivity index (χ3n) is 3.44. The van der Waals surface area contributed by atoms with Crippen molar-refractivity contribution < 1.29 is 8.42 Å². The number of hydrogen-bond donors (Lipinski definition) is 1. The first-order valence-corrected chi connectivity index (χ1v) is 8.34. The molecule has 0 unspecified atom stereocenters. The van der Waals surface area contributed by atoms with Crippen molar-refractivity contribution in [2.45, 2.75) is 11.8 Å². The van der Waals surface area contributed by atoms with Crippen LogP contribution in [0.3, 0.4) is 0 Å². The Balaban J connectivity index is 1.95. The van der Waals surface area contributed by atoms with Gasteiger partial charge in [-0.2, -0.15) is 0 Å². The van der Waals surface area contributed by atoms with E-state index in [9.17, 15) is 8.42 Å². The average molecular weight is 323 g/mol. The minimum absolute atomic E-state index is 0.106. The molecule has 1 N–H and O–H groups in total. The van der Waals surface area contributed by atoms with Crippen molar-refractivity contribution in [2.24, 2.45) is 0 Å². The molecule has 0 aliphatic carbocycles. The third-order valence-corrected chi connectivity index (χ3v) is 4.84. The van der Waals surface area contributed by atoms with Crippen LogP contribution in [0.1, 0.15) is 5.56 Å². The first-order chi connectivity index (χ1) is 11.0. The summed E-state index contributed by atoms with van der Waals surface area (Å²) in [7, 11) is -3.71. The fourth-order valence-corrected chi connectivity index (χ4v) is 3.32. The van der Waals surface area contributed by atoms with Crippen molar-refractivity contribution >= 4 is 32.3 Å². The summed E-state index contributed by atoms with van der Waals surface area (Å²) < 4.78 is 27.3. The molecule has 1 heterocycles. The van der Waals surface area contributed by atoms with Crippen molar-refractivity contribution in [1.82, 2.24) is 4.98 Å². The lowest BCUT2D eigenvalue weighted by Gasteiger charge is -2.09. The Kier molecular flexibility index (Phi) is 3.72. The zero-order valence-corrected chi connectivity index (χ0v) is 13.1. The number of pyridine rings is 1. The minimum atomic E-state index is -3.71. The lowest BCUT2D eigenvalue weighted by Crippen LogP contribution is -2.12. The van der Waals surface area contributed by atoms with E-state index >= 15 is 0 Å². The molecule has 2 aromatic carbocycles. The summed E-state index contributed by atoms with van der Waals surface area (Å²) in [6, 6.07) is 13.3. The second-order valence-electron chi connectivity index (χ2n) is 5.08. The highest BCUT2D eigenvalue weighted by molar-refractivity contribution is 7.92. The number of anilines is 1. The van der Waals surface area contributed by atoms with Gasteiger partial charge in [0.2, 0.25) is 0 Å². The maximum atomic E-state index is 12.4. The Morgan fingerprint density at radius 1 is 1.13 bits per heavy atom. The average Bonchev–Trinajstić information content (AvgIpc) is 2.54. The number of benzene rings is 2. The molecule has 0 aliphatic heterocycles. The number of aryl methyl sites for hydroxylation is 1. The smallest absolute Gasteiger partial charge is 0.261 e. The van der Waals surface area contributed by atoms with Crippen LogP contribution in [0.5, 0.6) is 0 Å². The van der Waals surface area contributed by atoms with Gasteiger partial charge in [0.15, 0.2) is 5.69 Å². The van der Waals surface area contributed by atoms with Crippen LogP contribution in [-0.4, -0.2) is 13.4 Å². The van der Waals surface area contributed by atoms with Gasteiger partial charge in [-0.15, -0.1) is 0 Å². The Bertz CT molecular complexity index is 1020. The van der Waals surface area contributed by atoms with Gasteiger partial charge in [0.1, 0.15) is 0 Å². The summed E-state index contributed by atoms with van der Waals surface area (Å²) in [5.74, 6) is 0. The van der Waals surface area contributed by atoms with E-state index < -0.39 is 10.0 Å². The molecule has 5 nitrogen and oxygen atoms in total. The molecular formula is C17H13N3O2S. The molecule has 0 saturated carbocycles. The van der Waals surface area contributed by atoms with Gasteiger partial charge in [0.05, 0.1) is 28.9 Å². The van der Waals surface area contributed by atoms with Crippen molar-refractivity contribution in [2.75, 3.05) is 4.72 Å². The fourth-order valence-electron chi connectivity index (χ4n) is 2.28. The quantitative estimate of drug-likeness (QED) is 0.744. The minimum Gasteiger partial charge on any atom is -0.278 e. The Morgan fingerprint density at radius 2 is 1.87 bits per heavy atom. The molecule has 6 heteroatoms. The third kappa shape index (κ3) is 3.00. The van der Waals surface area contributed by atoms with Gasteiger partial charge >= 0.3 is 0 Å². The zero-order chi connectivity index (χ0) is 16.4. The first kappa shape index (κ1) is 15.0. The van der Waals surface area contributed by atoms with E-state index in [2.05, 4.69) is 14.6 Å². The number of fused-ring (bicyclic) bond motifs is 1. The lowest BCUT2D eigenvalue weighted by atomic mass is 10.1. The zero-order valence-electron chi connectivity index (χ0n) is 12.3. The molecule has 3 aromatic rings. The van der Waals surface area contributed by atoms with Gasteiger partial charge < -0.3 is 0 Å². The van der Waals surface area contributed by atoms with Gasteiger partial charge in [0, 0.05) is 5.39 Å². The summed E-state index contributed by atoms with van der Waals surface area (Å²) in [4.78, 5) is 7.67. The lowest BCUT2D eigenvalue weighted by molar-refractivity contribution is 0.601. The summed E-state index contributed by atoms with van der Waals surface area (Å²) in [6.07, 6.45) is 1.50. The van der Waals surface area contributed by atoms with Crippen LogP contribution >= 0.6 is 0 Å². The van der Waals surface area contributed by atoms with E-state index in [4.69, 9.17) is 6.57 Å². The van der Waals surface area contributed by atoms with E-state index in [1.54, 1.807) is 6.07 Å². The summed E-state index contributed by atoms with van der Waals surface area (Å²) in [5.41, 5.74) is 2.67. The number of nitrogens with one attached hydrogen (secondary N) is 1. The molecule has 0 bridgehead atoms. The van der Waals surface area contributed by atoms with E-state index in [-0.39, 0.29) is 4.90 Å². The molecule has 1 aromatic heterocycles. The standard InChI is InChI=1S/C17H13N3O2S/c1-12-4-3-5-13-10-15(11-19-17(12)13)20-23(21,22)16-8-6-14(18-2)7-9-16/h3-11,20H,1H3. The second-order valence-corrected chi connectivity index (χ2v) is 6.76.